The number of anilines is 2. The van der Waals surface area contributed by atoms with Crippen molar-refractivity contribution in [3.05, 3.63) is 47.2 Å². The predicted octanol–water partition coefficient (Wildman–Crippen LogP) is 4.57. The molecule has 3 N–H and O–H groups in total. The summed E-state index contributed by atoms with van der Waals surface area (Å²) in [5, 5.41) is 18.1. The Bertz CT molecular complexity index is 1060. The Morgan fingerprint density at radius 3 is 2.47 bits per heavy atom. The third-order valence-corrected chi connectivity index (χ3v) is 6.67. The van der Waals surface area contributed by atoms with E-state index >= 15 is 0 Å². The van der Waals surface area contributed by atoms with E-state index in [4.69, 9.17) is 26.3 Å². The van der Waals surface area contributed by atoms with Crippen molar-refractivity contribution < 1.29 is 9.84 Å². The quantitative estimate of drug-likeness (QED) is 0.521. The summed E-state index contributed by atoms with van der Waals surface area (Å²) < 4.78 is 6.29. The molecule has 32 heavy (non-hydrogen) atoms. The van der Waals surface area contributed by atoms with Crippen LogP contribution < -0.4 is 15.4 Å². The number of hydrogen-bond acceptors (Lipinski definition) is 7. The van der Waals surface area contributed by atoms with Crippen LogP contribution in [0.3, 0.4) is 0 Å². The molecule has 1 saturated carbocycles. The molecule has 7 nitrogen and oxygen atoms in total. The van der Waals surface area contributed by atoms with Crippen LogP contribution in [0.5, 0.6) is 5.88 Å². The minimum atomic E-state index is -0.204. The lowest BCUT2D eigenvalue weighted by molar-refractivity contribution is 0.122. The fraction of sp³-hybridized carbons (Fsp3) is 0.458. The highest BCUT2D eigenvalue weighted by atomic mass is 35.5. The Balaban J connectivity index is 1.50. The molecule has 2 fully saturated rings. The van der Waals surface area contributed by atoms with Gasteiger partial charge in [0.05, 0.1) is 17.0 Å². The maximum atomic E-state index is 9.96. The second kappa shape index (κ2) is 9.57. The summed E-state index contributed by atoms with van der Waals surface area (Å²) in [7, 11) is 0. The lowest BCUT2D eigenvalue weighted by Gasteiger charge is -2.27. The summed E-state index contributed by atoms with van der Waals surface area (Å²) in [4.78, 5) is 14.1. The van der Waals surface area contributed by atoms with Gasteiger partial charge in [0, 0.05) is 28.7 Å². The second-order valence-electron chi connectivity index (χ2n) is 8.68. The molecule has 168 valence electrons. The van der Waals surface area contributed by atoms with Gasteiger partial charge < -0.3 is 20.5 Å². The van der Waals surface area contributed by atoms with E-state index in [0.717, 1.165) is 73.8 Å². The van der Waals surface area contributed by atoms with E-state index in [1.54, 1.807) is 0 Å². The number of ether oxygens (including phenoxy) is 1. The normalized spacial score (nSPS) is 22.1. The first-order chi connectivity index (χ1) is 15.7. The van der Waals surface area contributed by atoms with Gasteiger partial charge >= 0.3 is 0 Å². The lowest BCUT2D eigenvalue weighted by Crippen LogP contribution is -2.34. The monoisotopic (exact) mass is 453 g/mol. The van der Waals surface area contributed by atoms with E-state index in [0.29, 0.717) is 22.8 Å². The van der Waals surface area contributed by atoms with Crippen LogP contribution in [-0.4, -0.2) is 45.4 Å². The van der Waals surface area contributed by atoms with Gasteiger partial charge in [0.1, 0.15) is 6.10 Å². The predicted molar refractivity (Wildman–Crippen MR) is 126 cm³/mol. The molecule has 0 unspecified atom stereocenters. The van der Waals surface area contributed by atoms with Crippen LogP contribution in [0.25, 0.3) is 10.9 Å². The number of nitrogens with one attached hydrogen (secondary N) is 2. The zero-order valence-corrected chi connectivity index (χ0v) is 18.7. The summed E-state index contributed by atoms with van der Waals surface area (Å²) in [6.45, 7) is 1.91. The number of rotatable bonds is 5. The lowest BCUT2D eigenvalue weighted by atomic mass is 9.83. The highest BCUT2D eigenvalue weighted by molar-refractivity contribution is 6.30. The number of nitrogens with zero attached hydrogens (tertiary/aromatic N) is 3. The fourth-order valence-corrected chi connectivity index (χ4v) is 4.72. The van der Waals surface area contributed by atoms with Crippen molar-refractivity contribution in [1.29, 1.82) is 0 Å². The first-order valence-electron chi connectivity index (χ1n) is 11.4. The number of pyridine rings is 1. The third-order valence-electron chi connectivity index (χ3n) is 6.41. The Labute approximate surface area is 192 Å². The van der Waals surface area contributed by atoms with Crippen molar-refractivity contribution in [3.8, 4) is 5.88 Å². The van der Waals surface area contributed by atoms with Gasteiger partial charge in [-0.05, 0) is 81.8 Å². The molecule has 8 heteroatoms. The van der Waals surface area contributed by atoms with E-state index in [9.17, 15) is 5.11 Å². The van der Waals surface area contributed by atoms with E-state index in [-0.39, 0.29) is 12.2 Å². The second-order valence-corrected chi connectivity index (χ2v) is 9.12. The van der Waals surface area contributed by atoms with Crippen LogP contribution in [0, 0.1) is 0 Å². The number of halogens is 1. The van der Waals surface area contributed by atoms with E-state index < -0.39 is 0 Å². The number of aromatic nitrogens is 3. The van der Waals surface area contributed by atoms with Crippen LogP contribution in [-0.2, 0) is 0 Å². The van der Waals surface area contributed by atoms with Crippen molar-refractivity contribution in [2.45, 2.75) is 56.7 Å². The Hall–Kier alpha value is -2.48. The molecule has 5 rings (SSSR count). The van der Waals surface area contributed by atoms with E-state index in [1.807, 2.05) is 36.7 Å². The highest BCUT2D eigenvalue weighted by Gasteiger charge is 2.25. The van der Waals surface area contributed by atoms with Gasteiger partial charge in [-0.3, -0.25) is 0 Å². The number of fused-ring (bicyclic) bond motifs is 1. The van der Waals surface area contributed by atoms with Crippen molar-refractivity contribution in [3.63, 3.8) is 0 Å². The van der Waals surface area contributed by atoms with E-state index in [1.165, 1.54) is 0 Å². The summed E-state index contributed by atoms with van der Waals surface area (Å²) in [5.74, 6) is 1.44. The average Bonchev–Trinajstić information content (AvgIpc) is 2.82. The number of aliphatic hydroxyl groups excluding tert-OH is 1. The highest BCUT2D eigenvalue weighted by Crippen LogP contribution is 2.38. The molecular weight excluding hydrogens is 426 g/mol. The Morgan fingerprint density at radius 2 is 1.72 bits per heavy atom. The molecule has 0 spiro atoms. The van der Waals surface area contributed by atoms with Crippen molar-refractivity contribution in [2.75, 3.05) is 18.4 Å². The maximum absolute atomic E-state index is 9.96. The number of piperidine rings is 1. The number of benzene rings is 1. The molecule has 1 aromatic carbocycles. The van der Waals surface area contributed by atoms with E-state index in [2.05, 4.69) is 15.6 Å². The van der Waals surface area contributed by atoms with Gasteiger partial charge in [0.15, 0.2) is 0 Å². The topological polar surface area (TPSA) is 92.2 Å². The van der Waals surface area contributed by atoms with Crippen molar-refractivity contribution in [2.24, 2.45) is 0 Å². The van der Waals surface area contributed by atoms with Gasteiger partial charge in [0.25, 0.3) is 0 Å². The Morgan fingerprint density at radius 1 is 0.969 bits per heavy atom. The first kappa shape index (κ1) is 21.4. The van der Waals surface area contributed by atoms with Crippen LogP contribution in [0.4, 0.5) is 11.6 Å². The summed E-state index contributed by atoms with van der Waals surface area (Å²) in [6, 6.07) is 7.46. The first-order valence-corrected chi connectivity index (χ1v) is 11.8. The zero-order chi connectivity index (χ0) is 21.9. The SMILES string of the molecule is OC1CCC(c2cnc(OC3CCNCC3)c3cnc(Nc4ccc(Cl)cc4)nc23)CC1. The molecule has 1 saturated heterocycles. The van der Waals surface area contributed by atoms with Crippen LogP contribution in [0.2, 0.25) is 5.02 Å². The number of aliphatic hydroxyl groups is 1. The van der Waals surface area contributed by atoms with Gasteiger partial charge in [0.2, 0.25) is 11.8 Å². The summed E-state index contributed by atoms with van der Waals surface area (Å²) in [5.41, 5.74) is 2.85. The molecule has 1 aliphatic heterocycles. The molecule has 0 atom stereocenters. The smallest absolute Gasteiger partial charge is 0.227 e. The average molecular weight is 454 g/mol. The van der Waals surface area contributed by atoms with Gasteiger partial charge in [-0.2, -0.15) is 0 Å². The molecule has 2 aliphatic rings. The minimum Gasteiger partial charge on any atom is -0.474 e. The Kier molecular flexibility index (Phi) is 6.39. The third kappa shape index (κ3) is 4.80. The largest absolute Gasteiger partial charge is 0.474 e. The van der Waals surface area contributed by atoms with Crippen molar-refractivity contribution >= 4 is 34.1 Å². The molecule has 0 amide bonds. The molecule has 1 aliphatic carbocycles. The van der Waals surface area contributed by atoms with Crippen LogP contribution in [0.1, 0.15) is 50.0 Å². The molecular formula is C24H28ClN5O2. The summed E-state index contributed by atoms with van der Waals surface area (Å²) >= 11 is 6.01. The fourth-order valence-electron chi connectivity index (χ4n) is 4.59. The van der Waals surface area contributed by atoms with Crippen LogP contribution >= 0.6 is 11.6 Å². The van der Waals surface area contributed by atoms with Crippen molar-refractivity contribution in [1.82, 2.24) is 20.3 Å². The number of hydrogen-bond donors (Lipinski definition) is 3. The maximum Gasteiger partial charge on any atom is 0.227 e. The zero-order valence-electron chi connectivity index (χ0n) is 17.9. The molecule has 3 heterocycles. The molecule has 3 aromatic rings. The van der Waals surface area contributed by atoms with Gasteiger partial charge in [-0.15, -0.1) is 0 Å². The molecule has 0 radical (unpaired) electrons. The summed E-state index contributed by atoms with van der Waals surface area (Å²) in [6.07, 6.45) is 9.06. The molecule has 0 bridgehead atoms. The van der Waals surface area contributed by atoms with Gasteiger partial charge in [-0.1, -0.05) is 11.6 Å². The van der Waals surface area contributed by atoms with Gasteiger partial charge in [-0.25, -0.2) is 15.0 Å². The van der Waals surface area contributed by atoms with Crippen LogP contribution in [0.15, 0.2) is 36.7 Å². The molecule has 2 aromatic heterocycles. The standard InChI is InChI=1S/C24H28ClN5O2/c25-16-3-5-17(6-4-16)29-24-28-14-21-22(30-24)20(15-1-7-18(31)8-2-15)13-27-23(21)32-19-9-11-26-12-10-19/h3-6,13-15,18-19,26,31H,1-2,7-12H2,(H,28,29,30). The minimum absolute atomic E-state index is 0.148.